The van der Waals surface area contributed by atoms with Crippen molar-refractivity contribution in [3.63, 3.8) is 0 Å². The fourth-order valence-electron chi connectivity index (χ4n) is 1.15. The number of carbonyl (C=O) groups is 1. The van der Waals surface area contributed by atoms with Crippen LogP contribution in [0.5, 0.6) is 0 Å². The second-order valence-corrected chi connectivity index (χ2v) is 7.01. The van der Waals surface area contributed by atoms with Gasteiger partial charge in [0.05, 0.1) is 10.4 Å². The van der Waals surface area contributed by atoms with E-state index in [0.29, 0.717) is 5.75 Å². The predicted molar refractivity (Wildman–Crippen MR) is 61.4 cm³/mol. The molecule has 0 spiro atoms. The Hall–Kier alpha value is -0.210. The van der Waals surface area contributed by atoms with Crippen LogP contribution in [-0.2, 0) is 4.79 Å². The standard InChI is InChI=1S/C9H13BrN2OS/c1-8(2,10)7(13)12-9(5-11)3-4-14-6-9/h3-4,6H2,1-2H3,(H,12,13). The van der Waals surface area contributed by atoms with E-state index in [2.05, 4.69) is 27.3 Å². The maximum Gasteiger partial charge on any atom is 0.237 e. The van der Waals surface area contributed by atoms with Crippen molar-refractivity contribution in [2.24, 2.45) is 0 Å². The van der Waals surface area contributed by atoms with Crippen LogP contribution in [0.15, 0.2) is 0 Å². The van der Waals surface area contributed by atoms with Crippen LogP contribution in [0.2, 0.25) is 0 Å². The van der Waals surface area contributed by atoms with Crippen molar-refractivity contribution < 1.29 is 4.79 Å². The lowest BCUT2D eigenvalue weighted by atomic mass is 10.00. The molecule has 0 radical (unpaired) electrons. The Kier molecular flexibility index (Phi) is 3.49. The van der Waals surface area contributed by atoms with Crippen LogP contribution < -0.4 is 5.32 Å². The average Bonchev–Trinajstić information content (AvgIpc) is 2.52. The first-order valence-electron chi connectivity index (χ1n) is 4.40. The van der Waals surface area contributed by atoms with E-state index in [1.165, 1.54) is 0 Å². The molecule has 0 aromatic rings. The van der Waals surface area contributed by atoms with Crippen LogP contribution in [0.4, 0.5) is 0 Å². The summed E-state index contributed by atoms with van der Waals surface area (Å²) in [4.78, 5) is 11.7. The molecule has 1 atom stereocenters. The van der Waals surface area contributed by atoms with E-state index in [9.17, 15) is 4.79 Å². The van der Waals surface area contributed by atoms with E-state index in [1.54, 1.807) is 25.6 Å². The molecule has 1 aliphatic rings. The number of thioether (sulfide) groups is 1. The van der Waals surface area contributed by atoms with Gasteiger partial charge in [0.2, 0.25) is 5.91 Å². The lowest BCUT2D eigenvalue weighted by molar-refractivity contribution is -0.123. The molecule has 1 fully saturated rings. The summed E-state index contributed by atoms with van der Waals surface area (Å²) >= 11 is 4.98. The zero-order chi connectivity index (χ0) is 10.8. The molecule has 1 heterocycles. The average molecular weight is 277 g/mol. The van der Waals surface area contributed by atoms with Crippen LogP contribution in [0.1, 0.15) is 20.3 Å². The number of nitrogens with zero attached hydrogens (tertiary/aromatic N) is 1. The number of carbonyl (C=O) groups excluding carboxylic acids is 1. The van der Waals surface area contributed by atoms with Gasteiger partial charge in [-0.05, 0) is 26.0 Å². The summed E-state index contributed by atoms with van der Waals surface area (Å²) in [6.45, 7) is 3.55. The van der Waals surface area contributed by atoms with Crippen molar-refractivity contribution in [3.05, 3.63) is 0 Å². The number of nitrogens with one attached hydrogen (secondary N) is 1. The molecular weight excluding hydrogens is 264 g/mol. The Balaban J connectivity index is 2.67. The number of halogens is 1. The van der Waals surface area contributed by atoms with E-state index < -0.39 is 9.86 Å². The number of nitriles is 1. The maximum absolute atomic E-state index is 11.7. The van der Waals surface area contributed by atoms with Crippen molar-refractivity contribution in [2.75, 3.05) is 11.5 Å². The van der Waals surface area contributed by atoms with Gasteiger partial charge in [-0.2, -0.15) is 17.0 Å². The Morgan fingerprint density at radius 1 is 1.71 bits per heavy atom. The Morgan fingerprint density at radius 3 is 2.71 bits per heavy atom. The van der Waals surface area contributed by atoms with Gasteiger partial charge in [-0.1, -0.05) is 15.9 Å². The zero-order valence-electron chi connectivity index (χ0n) is 8.26. The van der Waals surface area contributed by atoms with Gasteiger partial charge in [0.1, 0.15) is 5.54 Å². The van der Waals surface area contributed by atoms with E-state index in [4.69, 9.17) is 5.26 Å². The molecule has 1 unspecified atom stereocenters. The third-order valence-corrected chi connectivity index (χ3v) is 3.68. The lowest BCUT2D eigenvalue weighted by Gasteiger charge is -2.25. The van der Waals surface area contributed by atoms with Crippen molar-refractivity contribution >= 4 is 33.6 Å². The maximum atomic E-state index is 11.7. The minimum atomic E-state index is -0.646. The van der Waals surface area contributed by atoms with Gasteiger partial charge < -0.3 is 5.32 Å². The third-order valence-electron chi connectivity index (χ3n) is 2.13. The number of amides is 1. The van der Waals surface area contributed by atoms with Gasteiger partial charge in [0.15, 0.2) is 0 Å². The molecule has 1 saturated heterocycles. The summed E-state index contributed by atoms with van der Waals surface area (Å²) in [6.07, 6.45) is 0.739. The highest BCUT2D eigenvalue weighted by Gasteiger charge is 2.39. The Bertz CT molecular complexity index is 274. The number of alkyl halides is 1. The van der Waals surface area contributed by atoms with E-state index >= 15 is 0 Å². The largest absolute Gasteiger partial charge is 0.336 e. The van der Waals surface area contributed by atoms with E-state index in [-0.39, 0.29) is 5.91 Å². The predicted octanol–water partition coefficient (Wildman–Crippen LogP) is 1.68. The molecule has 78 valence electrons. The van der Waals surface area contributed by atoms with Gasteiger partial charge in [-0.3, -0.25) is 4.79 Å². The third kappa shape index (κ3) is 2.64. The summed E-state index contributed by atoms with van der Waals surface area (Å²) in [6, 6.07) is 2.21. The minimum absolute atomic E-state index is 0.124. The second kappa shape index (κ2) is 4.11. The van der Waals surface area contributed by atoms with Gasteiger partial charge in [-0.15, -0.1) is 0 Å². The number of rotatable bonds is 2. The van der Waals surface area contributed by atoms with Crippen molar-refractivity contribution in [2.45, 2.75) is 30.1 Å². The van der Waals surface area contributed by atoms with E-state index in [1.807, 2.05) is 0 Å². The molecule has 0 saturated carbocycles. The van der Waals surface area contributed by atoms with Crippen LogP contribution in [0, 0.1) is 11.3 Å². The van der Waals surface area contributed by atoms with Crippen molar-refractivity contribution in [3.8, 4) is 6.07 Å². The Labute approximate surface area is 96.7 Å². The Morgan fingerprint density at radius 2 is 2.36 bits per heavy atom. The lowest BCUT2D eigenvalue weighted by Crippen LogP contribution is -2.52. The SMILES string of the molecule is CC(C)(Br)C(=O)NC1(C#N)CCSC1. The first-order chi connectivity index (χ1) is 6.40. The van der Waals surface area contributed by atoms with Crippen LogP contribution in [-0.4, -0.2) is 27.3 Å². The molecule has 0 aromatic heterocycles. The molecule has 0 aromatic carbocycles. The highest BCUT2D eigenvalue weighted by atomic mass is 79.9. The summed E-state index contributed by atoms with van der Waals surface area (Å²) in [7, 11) is 0. The van der Waals surface area contributed by atoms with Gasteiger partial charge in [0.25, 0.3) is 0 Å². The van der Waals surface area contributed by atoms with Gasteiger partial charge in [-0.25, -0.2) is 0 Å². The molecule has 0 aliphatic carbocycles. The highest BCUT2D eigenvalue weighted by Crippen LogP contribution is 2.28. The summed E-state index contributed by atoms with van der Waals surface area (Å²) in [5.74, 6) is 1.51. The molecule has 5 heteroatoms. The summed E-state index contributed by atoms with van der Waals surface area (Å²) in [5.41, 5.74) is -0.646. The quantitative estimate of drug-likeness (QED) is 0.781. The summed E-state index contributed by atoms with van der Waals surface area (Å²) in [5, 5.41) is 11.9. The fraction of sp³-hybridized carbons (Fsp3) is 0.778. The topological polar surface area (TPSA) is 52.9 Å². The first-order valence-corrected chi connectivity index (χ1v) is 6.35. The van der Waals surface area contributed by atoms with Crippen LogP contribution in [0.25, 0.3) is 0 Å². The monoisotopic (exact) mass is 276 g/mol. The zero-order valence-corrected chi connectivity index (χ0v) is 10.7. The smallest absolute Gasteiger partial charge is 0.237 e. The molecule has 1 rings (SSSR count). The van der Waals surface area contributed by atoms with Crippen molar-refractivity contribution in [1.29, 1.82) is 5.26 Å². The molecule has 0 bridgehead atoms. The molecule has 1 aliphatic heterocycles. The van der Waals surface area contributed by atoms with E-state index in [0.717, 1.165) is 12.2 Å². The van der Waals surface area contributed by atoms with Crippen LogP contribution >= 0.6 is 27.7 Å². The molecular formula is C9H13BrN2OS. The minimum Gasteiger partial charge on any atom is -0.336 e. The van der Waals surface area contributed by atoms with Crippen LogP contribution in [0.3, 0.4) is 0 Å². The summed E-state index contributed by atoms with van der Waals surface area (Å²) < 4.78 is -0.607. The molecule has 1 N–H and O–H groups in total. The first kappa shape index (κ1) is 11.9. The normalized spacial score (nSPS) is 27.0. The molecule has 3 nitrogen and oxygen atoms in total. The highest BCUT2D eigenvalue weighted by molar-refractivity contribution is 9.10. The van der Waals surface area contributed by atoms with Gasteiger partial charge >= 0.3 is 0 Å². The fourth-order valence-corrected chi connectivity index (χ4v) is 2.51. The molecule has 1 amide bonds. The second-order valence-electron chi connectivity index (χ2n) is 3.92. The number of hydrogen-bond acceptors (Lipinski definition) is 3. The van der Waals surface area contributed by atoms with Crippen molar-refractivity contribution in [1.82, 2.24) is 5.32 Å². The number of hydrogen-bond donors (Lipinski definition) is 1. The molecule has 14 heavy (non-hydrogen) atoms. The van der Waals surface area contributed by atoms with Gasteiger partial charge in [0, 0.05) is 5.75 Å².